The molecule has 1 aliphatic rings. The fraction of sp³-hybridized carbons (Fsp3) is 0.611. The zero-order chi connectivity index (χ0) is 20.4. The summed E-state index contributed by atoms with van der Waals surface area (Å²) in [5, 5.41) is 0.709. The number of benzene rings is 1. The number of rotatable bonds is 4. The molecule has 1 amide bonds. The quantitative estimate of drug-likeness (QED) is 0.710. The summed E-state index contributed by atoms with van der Waals surface area (Å²) < 4.78 is 32.5. The van der Waals surface area contributed by atoms with Crippen molar-refractivity contribution in [2.24, 2.45) is 0 Å². The number of nitrogens with zero attached hydrogens (tertiary/aromatic N) is 2. The number of hydrogen-bond acceptors (Lipinski definition) is 4. The Hall–Kier alpha value is -1.02. The van der Waals surface area contributed by atoms with Crippen molar-refractivity contribution in [3.63, 3.8) is 0 Å². The molecule has 1 fully saturated rings. The van der Waals surface area contributed by atoms with E-state index in [1.807, 2.05) is 0 Å². The topological polar surface area (TPSA) is 66.9 Å². The molecule has 1 heterocycles. The third kappa shape index (κ3) is 6.24. The van der Waals surface area contributed by atoms with Crippen LogP contribution in [0, 0.1) is 0 Å². The van der Waals surface area contributed by atoms with Gasteiger partial charge in [-0.3, -0.25) is 0 Å². The lowest BCUT2D eigenvalue weighted by Gasteiger charge is -2.37. The predicted octanol–water partition coefficient (Wildman–Crippen LogP) is 4.15. The maximum atomic E-state index is 12.8. The molecule has 0 aliphatic carbocycles. The fourth-order valence-corrected chi connectivity index (χ4v) is 4.81. The Morgan fingerprint density at radius 1 is 1.30 bits per heavy atom. The number of carbonyl (C=O) groups is 1. The van der Waals surface area contributed by atoms with E-state index in [-0.39, 0.29) is 18.3 Å². The first-order chi connectivity index (χ1) is 12.4. The number of amides is 1. The van der Waals surface area contributed by atoms with Gasteiger partial charge in [-0.2, -0.15) is 4.31 Å². The van der Waals surface area contributed by atoms with E-state index in [0.717, 1.165) is 6.42 Å². The Bertz CT molecular complexity index is 793. The molecule has 27 heavy (non-hydrogen) atoms. The van der Waals surface area contributed by atoms with Crippen LogP contribution in [0.5, 0.6) is 0 Å². The lowest BCUT2D eigenvalue weighted by molar-refractivity contribution is 0.0173. The molecule has 2 rings (SSSR count). The van der Waals surface area contributed by atoms with Gasteiger partial charge in [0, 0.05) is 26.2 Å². The smallest absolute Gasteiger partial charge is 0.410 e. The number of carbonyl (C=O) groups excluding carboxylic acids is 1. The molecular weight excluding hydrogens is 411 g/mol. The van der Waals surface area contributed by atoms with Gasteiger partial charge in [0.05, 0.1) is 15.8 Å². The van der Waals surface area contributed by atoms with Gasteiger partial charge in [-0.25, -0.2) is 13.2 Å². The largest absolute Gasteiger partial charge is 0.444 e. The average molecular weight is 437 g/mol. The number of piperidine rings is 1. The zero-order valence-corrected chi connectivity index (χ0v) is 18.4. The van der Waals surface area contributed by atoms with Crippen LogP contribution < -0.4 is 0 Å². The van der Waals surface area contributed by atoms with Gasteiger partial charge in [-0.1, -0.05) is 29.3 Å². The van der Waals surface area contributed by atoms with E-state index < -0.39 is 21.7 Å². The summed E-state index contributed by atoms with van der Waals surface area (Å²) in [6.45, 7) is 6.08. The third-order valence-corrected chi connectivity index (χ3v) is 6.87. The molecule has 0 saturated carbocycles. The van der Waals surface area contributed by atoms with Crippen LogP contribution in [-0.4, -0.2) is 55.5 Å². The van der Waals surface area contributed by atoms with Crippen molar-refractivity contribution in [2.75, 3.05) is 20.1 Å². The van der Waals surface area contributed by atoms with E-state index in [0.29, 0.717) is 28.6 Å². The molecule has 1 saturated heterocycles. The molecule has 0 bridgehead atoms. The van der Waals surface area contributed by atoms with E-state index >= 15 is 0 Å². The number of likely N-dealkylation sites (N-methyl/N-ethyl adjacent to an activating group) is 1. The monoisotopic (exact) mass is 436 g/mol. The van der Waals surface area contributed by atoms with Crippen LogP contribution in [0.2, 0.25) is 10.0 Å². The minimum Gasteiger partial charge on any atom is -0.444 e. The minimum absolute atomic E-state index is 0.160. The molecule has 1 aromatic carbocycles. The highest BCUT2D eigenvalue weighted by Crippen LogP contribution is 2.26. The molecule has 1 atom stereocenters. The van der Waals surface area contributed by atoms with E-state index in [1.165, 1.54) is 9.21 Å². The molecule has 6 nitrogen and oxygen atoms in total. The summed E-state index contributed by atoms with van der Waals surface area (Å²) in [7, 11) is -1.89. The van der Waals surface area contributed by atoms with Crippen molar-refractivity contribution in [3.8, 4) is 0 Å². The highest BCUT2D eigenvalue weighted by Gasteiger charge is 2.33. The van der Waals surface area contributed by atoms with Crippen LogP contribution in [0.15, 0.2) is 18.2 Å². The molecule has 1 aliphatic heterocycles. The summed E-state index contributed by atoms with van der Waals surface area (Å²) in [6, 6.07) is 4.58. The van der Waals surface area contributed by atoms with Crippen molar-refractivity contribution in [3.05, 3.63) is 33.8 Å². The molecule has 1 unspecified atom stereocenters. The second kappa shape index (κ2) is 8.55. The van der Waals surface area contributed by atoms with Crippen LogP contribution in [0.3, 0.4) is 0 Å². The van der Waals surface area contributed by atoms with Gasteiger partial charge >= 0.3 is 6.09 Å². The Labute approximate surface area is 171 Å². The number of ether oxygens (including phenoxy) is 1. The summed E-state index contributed by atoms with van der Waals surface area (Å²) in [4.78, 5) is 13.8. The lowest BCUT2D eigenvalue weighted by atomic mass is 10.1. The van der Waals surface area contributed by atoms with E-state index in [2.05, 4.69) is 0 Å². The van der Waals surface area contributed by atoms with E-state index in [4.69, 9.17) is 27.9 Å². The number of sulfonamides is 1. The van der Waals surface area contributed by atoms with Gasteiger partial charge in [-0.05, 0) is 51.3 Å². The number of halogens is 2. The van der Waals surface area contributed by atoms with Crippen molar-refractivity contribution in [1.82, 2.24) is 9.21 Å². The van der Waals surface area contributed by atoms with Gasteiger partial charge in [0.15, 0.2) is 0 Å². The van der Waals surface area contributed by atoms with Crippen molar-refractivity contribution in [2.45, 2.75) is 51.0 Å². The SMILES string of the molecule is CN(C(=O)OC(C)(C)C)C1CCCN(S(=O)(=O)Cc2ccc(Cl)c(Cl)c2)C1. The maximum absolute atomic E-state index is 12.8. The molecule has 1 aromatic rings. The van der Waals surface area contributed by atoms with Crippen LogP contribution in [0.25, 0.3) is 0 Å². The van der Waals surface area contributed by atoms with Crippen molar-refractivity contribution >= 4 is 39.3 Å². The minimum atomic E-state index is -3.54. The standard InChI is InChI=1S/C18H26Cl2N2O4S/c1-18(2,3)26-17(23)21(4)14-6-5-9-22(11-14)27(24,25)12-13-7-8-15(19)16(20)10-13/h7-8,10,14H,5-6,9,11-12H2,1-4H3. The van der Waals surface area contributed by atoms with Crippen LogP contribution >= 0.6 is 23.2 Å². The first kappa shape index (κ1) is 22.3. The summed E-state index contributed by atoms with van der Waals surface area (Å²) in [5.41, 5.74) is -0.0216. The van der Waals surface area contributed by atoms with Gasteiger partial charge in [-0.15, -0.1) is 0 Å². The third-order valence-electron chi connectivity index (χ3n) is 4.31. The van der Waals surface area contributed by atoms with Crippen LogP contribution in [0.1, 0.15) is 39.2 Å². The lowest BCUT2D eigenvalue weighted by Crippen LogP contribution is -2.51. The molecule has 0 N–H and O–H groups in total. The normalized spacial score (nSPS) is 19.0. The van der Waals surface area contributed by atoms with Gasteiger partial charge < -0.3 is 9.64 Å². The van der Waals surface area contributed by atoms with Crippen molar-refractivity contribution < 1.29 is 17.9 Å². The molecule has 0 aromatic heterocycles. The van der Waals surface area contributed by atoms with Gasteiger partial charge in [0.2, 0.25) is 10.0 Å². The first-order valence-corrected chi connectivity index (χ1v) is 11.1. The number of hydrogen-bond donors (Lipinski definition) is 0. The molecule has 0 spiro atoms. The van der Waals surface area contributed by atoms with Gasteiger partial charge in [0.25, 0.3) is 0 Å². The summed E-state index contributed by atoms with van der Waals surface area (Å²) >= 11 is 11.9. The molecule has 9 heteroatoms. The first-order valence-electron chi connectivity index (χ1n) is 8.76. The molecular formula is C18H26Cl2N2O4S. The molecule has 152 valence electrons. The van der Waals surface area contributed by atoms with Crippen LogP contribution in [0.4, 0.5) is 4.79 Å². The summed E-state index contributed by atoms with van der Waals surface area (Å²) in [6.07, 6.45) is 0.962. The zero-order valence-electron chi connectivity index (χ0n) is 16.0. The van der Waals surface area contributed by atoms with Crippen molar-refractivity contribution in [1.29, 1.82) is 0 Å². The summed E-state index contributed by atoms with van der Waals surface area (Å²) in [5.74, 6) is -0.160. The predicted molar refractivity (Wildman–Crippen MR) is 108 cm³/mol. The van der Waals surface area contributed by atoms with Gasteiger partial charge in [0.1, 0.15) is 5.60 Å². The Balaban J connectivity index is 2.07. The highest BCUT2D eigenvalue weighted by molar-refractivity contribution is 7.88. The van der Waals surface area contributed by atoms with E-state index in [1.54, 1.807) is 46.0 Å². The fourth-order valence-electron chi connectivity index (χ4n) is 2.90. The molecule has 0 radical (unpaired) electrons. The maximum Gasteiger partial charge on any atom is 0.410 e. The Kier molecular flexibility index (Phi) is 7.06. The second-order valence-corrected chi connectivity index (χ2v) is 10.5. The van der Waals surface area contributed by atoms with E-state index in [9.17, 15) is 13.2 Å². The highest BCUT2D eigenvalue weighted by atomic mass is 35.5. The van der Waals surface area contributed by atoms with Crippen LogP contribution in [-0.2, 0) is 20.5 Å². The second-order valence-electron chi connectivity index (χ2n) is 7.75. The average Bonchev–Trinajstić information content (AvgIpc) is 2.56. The Morgan fingerprint density at radius 2 is 1.96 bits per heavy atom. The Morgan fingerprint density at radius 3 is 2.56 bits per heavy atom.